The highest BCUT2D eigenvalue weighted by Crippen LogP contribution is 2.04. The highest BCUT2D eigenvalue weighted by molar-refractivity contribution is 6.93. The summed E-state index contributed by atoms with van der Waals surface area (Å²) < 4.78 is 0. The summed E-state index contributed by atoms with van der Waals surface area (Å²) in [7, 11) is 2.84. The van der Waals surface area contributed by atoms with E-state index in [0.29, 0.717) is 0 Å². The zero-order valence-electron chi connectivity index (χ0n) is 10.2. The third-order valence-corrected chi connectivity index (χ3v) is 5.41. The molecule has 0 saturated heterocycles. The second kappa shape index (κ2) is 5.28. The van der Waals surface area contributed by atoms with Gasteiger partial charge in [-0.2, -0.15) is 0 Å². The molecule has 0 aliphatic rings. The molecular formula is C13H21NSi. The molecule has 0 atom stereocenters. The maximum Gasteiger partial charge on any atom is 0.103 e. The van der Waals surface area contributed by atoms with Gasteiger partial charge in [0.1, 0.15) is 8.07 Å². The van der Waals surface area contributed by atoms with Crippen LogP contribution in [0.3, 0.4) is 0 Å². The summed E-state index contributed by atoms with van der Waals surface area (Å²) in [5, 5.41) is 1.50. The van der Waals surface area contributed by atoms with E-state index in [2.05, 4.69) is 74.2 Å². The van der Waals surface area contributed by atoms with E-state index in [-0.39, 0.29) is 0 Å². The molecule has 0 aliphatic heterocycles. The van der Waals surface area contributed by atoms with Crippen molar-refractivity contribution in [3.8, 4) is 0 Å². The molecule has 0 heterocycles. The van der Waals surface area contributed by atoms with Crippen LogP contribution in [-0.4, -0.2) is 33.6 Å². The fourth-order valence-corrected chi connectivity index (χ4v) is 3.46. The Labute approximate surface area is 94.4 Å². The van der Waals surface area contributed by atoms with Crippen LogP contribution >= 0.6 is 0 Å². The van der Waals surface area contributed by atoms with Crippen molar-refractivity contribution in [2.24, 2.45) is 0 Å². The van der Waals surface area contributed by atoms with Crippen LogP contribution in [0.4, 0.5) is 0 Å². The van der Waals surface area contributed by atoms with Crippen LogP contribution in [0.25, 0.3) is 0 Å². The standard InChI is InChI=1S/C13H21NSi/c1-14(2)11-8-12-15(3,4)13-9-6-5-7-10-13/h5-10,12H,11H2,1-4H3/b12-8+. The first kappa shape index (κ1) is 12.2. The minimum atomic E-state index is -1.35. The van der Waals surface area contributed by atoms with Gasteiger partial charge in [-0.3, -0.25) is 0 Å². The summed E-state index contributed by atoms with van der Waals surface area (Å²) in [6.45, 7) is 5.80. The summed E-state index contributed by atoms with van der Waals surface area (Å²) >= 11 is 0. The van der Waals surface area contributed by atoms with Gasteiger partial charge in [0.25, 0.3) is 0 Å². The molecule has 0 aromatic heterocycles. The maximum absolute atomic E-state index is 2.42. The van der Waals surface area contributed by atoms with Gasteiger partial charge in [-0.25, -0.2) is 0 Å². The first-order valence-corrected chi connectivity index (χ1v) is 8.48. The summed E-state index contributed by atoms with van der Waals surface area (Å²) in [6.07, 6.45) is 2.29. The van der Waals surface area contributed by atoms with Gasteiger partial charge < -0.3 is 4.90 Å². The van der Waals surface area contributed by atoms with E-state index >= 15 is 0 Å². The Kier molecular flexibility index (Phi) is 4.30. The zero-order chi connectivity index (χ0) is 11.3. The van der Waals surface area contributed by atoms with Gasteiger partial charge >= 0.3 is 0 Å². The molecule has 0 bridgehead atoms. The lowest BCUT2D eigenvalue weighted by molar-refractivity contribution is 0.456. The van der Waals surface area contributed by atoms with Gasteiger partial charge in [-0.1, -0.05) is 60.4 Å². The largest absolute Gasteiger partial charge is 0.306 e. The first-order chi connectivity index (χ1) is 7.02. The highest BCUT2D eigenvalue weighted by Gasteiger charge is 2.18. The minimum Gasteiger partial charge on any atom is -0.306 e. The van der Waals surface area contributed by atoms with Crippen LogP contribution in [0.1, 0.15) is 0 Å². The van der Waals surface area contributed by atoms with E-state index in [0.717, 1.165) is 6.54 Å². The van der Waals surface area contributed by atoms with Gasteiger partial charge in [-0.05, 0) is 14.1 Å². The predicted molar refractivity (Wildman–Crippen MR) is 71.3 cm³/mol. The lowest BCUT2D eigenvalue weighted by atomic mass is 10.4. The van der Waals surface area contributed by atoms with Crippen molar-refractivity contribution in [1.29, 1.82) is 0 Å². The molecule has 82 valence electrons. The molecule has 0 saturated carbocycles. The molecule has 0 spiro atoms. The Morgan fingerprint density at radius 2 is 1.73 bits per heavy atom. The van der Waals surface area contributed by atoms with Crippen LogP contribution in [-0.2, 0) is 0 Å². The summed E-state index contributed by atoms with van der Waals surface area (Å²) in [5.41, 5.74) is 2.42. The SMILES string of the molecule is CN(C)C/C=C/[Si](C)(C)c1ccccc1. The molecule has 0 radical (unpaired) electrons. The Morgan fingerprint density at radius 3 is 2.27 bits per heavy atom. The molecule has 2 heteroatoms. The molecule has 1 aromatic rings. The normalized spacial score (nSPS) is 12.6. The monoisotopic (exact) mass is 219 g/mol. The van der Waals surface area contributed by atoms with Gasteiger partial charge in [0.15, 0.2) is 0 Å². The Morgan fingerprint density at radius 1 is 1.13 bits per heavy atom. The minimum absolute atomic E-state index is 1.03. The topological polar surface area (TPSA) is 3.24 Å². The summed E-state index contributed by atoms with van der Waals surface area (Å²) in [6, 6.07) is 10.8. The molecule has 1 aromatic carbocycles. The molecule has 1 nitrogen and oxygen atoms in total. The third-order valence-electron chi connectivity index (χ3n) is 2.52. The van der Waals surface area contributed by atoms with E-state index in [4.69, 9.17) is 0 Å². The van der Waals surface area contributed by atoms with Crippen molar-refractivity contribution >= 4 is 13.3 Å². The Balaban J connectivity index is 2.71. The summed E-state index contributed by atoms with van der Waals surface area (Å²) in [5.74, 6) is 0. The van der Waals surface area contributed by atoms with Crippen LogP contribution < -0.4 is 5.19 Å². The molecule has 0 aliphatic carbocycles. The van der Waals surface area contributed by atoms with Crippen molar-refractivity contribution in [1.82, 2.24) is 4.90 Å². The number of hydrogen-bond donors (Lipinski definition) is 0. The van der Waals surface area contributed by atoms with E-state index in [9.17, 15) is 0 Å². The second-order valence-corrected chi connectivity index (χ2v) is 9.11. The molecule has 1 rings (SSSR count). The molecular weight excluding hydrogens is 198 g/mol. The van der Waals surface area contributed by atoms with E-state index in [1.165, 1.54) is 5.19 Å². The predicted octanol–water partition coefficient (Wildman–Crippen LogP) is 2.26. The van der Waals surface area contributed by atoms with Crippen LogP contribution in [0.15, 0.2) is 42.1 Å². The van der Waals surface area contributed by atoms with Crippen molar-refractivity contribution in [2.45, 2.75) is 13.1 Å². The molecule has 0 N–H and O–H groups in total. The second-order valence-electron chi connectivity index (χ2n) is 4.75. The van der Waals surface area contributed by atoms with Crippen LogP contribution in [0, 0.1) is 0 Å². The van der Waals surface area contributed by atoms with E-state index < -0.39 is 8.07 Å². The number of nitrogens with zero attached hydrogens (tertiary/aromatic N) is 1. The fourth-order valence-electron chi connectivity index (χ4n) is 1.52. The molecule has 0 amide bonds. The number of likely N-dealkylation sites (N-methyl/N-ethyl adjacent to an activating group) is 1. The number of hydrogen-bond acceptors (Lipinski definition) is 1. The lowest BCUT2D eigenvalue weighted by Gasteiger charge is -2.18. The van der Waals surface area contributed by atoms with Crippen molar-refractivity contribution in [2.75, 3.05) is 20.6 Å². The lowest BCUT2D eigenvalue weighted by Crippen LogP contribution is -2.39. The fraction of sp³-hybridized carbons (Fsp3) is 0.385. The van der Waals surface area contributed by atoms with Crippen molar-refractivity contribution < 1.29 is 0 Å². The smallest absolute Gasteiger partial charge is 0.103 e. The first-order valence-electron chi connectivity index (χ1n) is 5.40. The molecule has 0 fully saturated rings. The maximum atomic E-state index is 2.42. The Bertz CT molecular complexity index is 315. The summed E-state index contributed by atoms with van der Waals surface area (Å²) in [4.78, 5) is 2.19. The Hall–Kier alpha value is -0.863. The molecule has 15 heavy (non-hydrogen) atoms. The quantitative estimate of drug-likeness (QED) is 0.702. The average Bonchev–Trinajstić information content (AvgIpc) is 2.18. The zero-order valence-corrected chi connectivity index (χ0v) is 11.2. The average molecular weight is 219 g/mol. The van der Waals surface area contributed by atoms with Gasteiger partial charge in [0, 0.05) is 6.54 Å². The van der Waals surface area contributed by atoms with E-state index in [1.54, 1.807) is 0 Å². The van der Waals surface area contributed by atoms with Gasteiger partial charge in [-0.15, -0.1) is 0 Å². The third kappa shape index (κ3) is 4.02. The van der Waals surface area contributed by atoms with Crippen LogP contribution in [0.2, 0.25) is 13.1 Å². The van der Waals surface area contributed by atoms with E-state index in [1.807, 2.05) is 0 Å². The van der Waals surface area contributed by atoms with Gasteiger partial charge in [0.05, 0.1) is 0 Å². The molecule has 0 unspecified atom stereocenters. The van der Waals surface area contributed by atoms with Crippen molar-refractivity contribution in [3.05, 3.63) is 42.1 Å². The number of benzene rings is 1. The number of rotatable bonds is 4. The van der Waals surface area contributed by atoms with Crippen molar-refractivity contribution in [3.63, 3.8) is 0 Å². The van der Waals surface area contributed by atoms with Crippen LogP contribution in [0.5, 0.6) is 0 Å². The van der Waals surface area contributed by atoms with Gasteiger partial charge in [0.2, 0.25) is 0 Å². The highest BCUT2D eigenvalue weighted by atomic mass is 28.3.